The molecule has 5 nitrogen and oxygen atoms in total. The molecule has 2 aromatic rings. The van der Waals surface area contributed by atoms with Gasteiger partial charge in [0.15, 0.2) is 0 Å². The maximum Gasteiger partial charge on any atom is 0.269 e. The average molecular weight is 230 g/mol. The summed E-state index contributed by atoms with van der Waals surface area (Å²) in [4.78, 5) is 15.9. The van der Waals surface area contributed by atoms with E-state index in [0.29, 0.717) is 30.0 Å². The molecule has 0 spiro atoms. The Morgan fingerprint density at radius 2 is 2.12 bits per heavy atom. The third kappa shape index (κ3) is 2.34. The number of hydrogen-bond donors (Lipinski definition) is 3. The fourth-order valence-corrected chi connectivity index (χ4v) is 1.57. The minimum Gasteiger partial charge on any atom is -0.397 e. The van der Waals surface area contributed by atoms with Crippen molar-refractivity contribution in [3.05, 3.63) is 36.0 Å². The number of nitrogens with two attached hydrogens (primary N) is 2. The van der Waals surface area contributed by atoms with Gasteiger partial charge in [-0.05, 0) is 12.1 Å². The van der Waals surface area contributed by atoms with Gasteiger partial charge in [0.05, 0.1) is 11.2 Å². The lowest BCUT2D eigenvalue weighted by Gasteiger charge is -2.05. The Kier molecular flexibility index (Phi) is 3.20. The highest BCUT2D eigenvalue weighted by molar-refractivity contribution is 5.97. The van der Waals surface area contributed by atoms with Gasteiger partial charge in [-0.1, -0.05) is 18.2 Å². The molecule has 0 saturated heterocycles. The molecule has 2 rings (SSSR count). The predicted molar refractivity (Wildman–Crippen MR) is 67.5 cm³/mol. The molecular weight excluding hydrogens is 216 g/mol. The summed E-state index contributed by atoms with van der Waals surface area (Å²) in [5.74, 6) is -0.236. The number of aromatic nitrogens is 1. The molecule has 0 unspecified atom stereocenters. The number of carbonyl (C=O) groups is 1. The molecule has 1 aromatic carbocycles. The van der Waals surface area contributed by atoms with E-state index < -0.39 is 0 Å². The Balaban J connectivity index is 2.37. The largest absolute Gasteiger partial charge is 0.397 e. The third-order valence-electron chi connectivity index (χ3n) is 2.41. The Labute approximate surface area is 98.8 Å². The number of rotatable bonds is 3. The minimum atomic E-state index is -0.236. The van der Waals surface area contributed by atoms with Gasteiger partial charge < -0.3 is 16.8 Å². The fourth-order valence-electron chi connectivity index (χ4n) is 1.57. The molecule has 1 amide bonds. The van der Waals surface area contributed by atoms with Crippen LogP contribution in [0.3, 0.4) is 0 Å². The van der Waals surface area contributed by atoms with Crippen LogP contribution in [0.25, 0.3) is 10.9 Å². The summed E-state index contributed by atoms with van der Waals surface area (Å²) in [5.41, 5.74) is 12.7. The van der Waals surface area contributed by atoms with E-state index in [-0.39, 0.29) is 5.91 Å². The maximum absolute atomic E-state index is 11.7. The molecule has 17 heavy (non-hydrogen) atoms. The molecule has 0 bridgehead atoms. The van der Waals surface area contributed by atoms with E-state index >= 15 is 0 Å². The van der Waals surface area contributed by atoms with Gasteiger partial charge in [0, 0.05) is 18.5 Å². The molecule has 5 N–H and O–H groups in total. The summed E-state index contributed by atoms with van der Waals surface area (Å²) < 4.78 is 0. The number of fused-ring (bicyclic) bond motifs is 1. The number of carbonyl (C=O) groups excluding carboxylic acids is 1. The topological polar surface area (TPSA) is 94.0 Å². The van der Waals surface area contributed by atoms with Gasteiger partial charge in [0.2, 0.25) is 0 Å². The molecule has 88 valence electrons. The highest BCUT2D eigenvalue weighted by atomic mass is 16.1. The number of anilines is 1. The number of amides is 1. The lowest BCUT2D eigenvalue weighted by atomic mass is 10.1. The zero-order chi connectivity index (χ0) is 12.3. The molecule has 0 atom stereocenters. The van der Waals surface area contributed by atoms with Gasteiger partial charge in [-0.2, -0.15) is 0 Å². The van der Waals surface area contributed by atoms with E-state index in [1.165, 1.54) is 0 Å². The molecule has 1 aromatic heterocycles. The van der Waals surface area contributed by atoms with Crippen LogP contribution >= 0.6 is 0 Å². The van der Waals surface area contributed by atoms with Crippen LogP contribution in [-0.4, -0.2) is 24.0 Å². The number of nitrogens with one attached hydrogen (secondary N) is 1. The van der Waals surface area contributed by atoms with Crippen LogP contribution in [0.2, 0.25) is 0 Å². The lowest BCUT2D eigenvalue weighted by molar-refractivity contribution is 0.0950. The van der Waals surface area contributed by atoms with Crippen molar-refractivity contribution in [1.29, 1.82) is 0 Å². The molecule has 0 radical (unpaired) electrons. The number of pyridine rings is 1. The first-order valence-corrected chi connectivity index (χ1v) is 5.36. The normalized spacial score (nSPS) is 10.4. The minimum absolute atomic E-state index is 0.236. The van der Waals surface area contributed by atoms with E-state index in [0.717, 1.165) is 5.39 Å². The van der Waals surface area contributed by atoms with E-state index in [1.807, 2.05) is 18.2 Å². The van der Waals surface area contributed by atoms with Crippen LogP contribution in [0, 0.1) is 0 Å². The molecule has 0 fully saturated rings. The van der Waals surface area contributed by atoms with Crippen LogP contribution in [0.4, 0.5) is 5.69 Å². The van der Waals surface area contributed by atoms with E-state index in [2.05, 4.69) is 10.3 Å². The Bertz CT molecular complexity index is 553. The second-order valence-corrected chi connectivity index (χ2v) is 3.66. The highest BCUT2D eigenvalue weighted by Crippen LogP contribution is 2.18. The van der Waals surface area contributed by atoms with Crippen molar-refractivity contribution in [1.82, 2.24) is 10.3 Å². The zero-order valence-electron chi connectivity index (χ0n) is 9.31. The average Bonchev–Trinajstić information content (AvgIpc) is 2.36. The Morgan fingerprint density at radius 1 is 1.29 bits per heavy atom. The van der Waals surface area contributed by atoms with Crippen LogP contribution in [0.5, 0.6) is 0 Å². The first-order chi connectivity index (χ1) is 8.22. The van der Waals surface area contributed by atoms with Gasteiger partial charge in [-0.3, -0.25) is 4.79 Å². The van der Waals surface area contributed by atoms with Crippen LogP contribution in [0.15, 0.2) is 30.3 Å². The van der Waals surface area contributed by atoms with Gasteiger partial charge in [0.1, 0.15) is 5.69 Å². The summed E-state index contributed by atoms with van der Waals surface area (Å²) in [6.07, 6.45) is 0. The summed E-state index contributed by atoms with van der Waals surface area (Å²) in [6.45, 7) is 0.838. The quantitative estimate of drug-likeness (QED) is 0.669. The number of nitrogen functional groups attached to an aromatic ring is 1. The van der Waals surface area contributed by atoms with Crippen LogP contribution in [0.1, 0.15) is 10.5 Å². The number of hydrogen-bond acceptors (Lipinski definition) is 4. The summed E-state index contributed by atoms with van der Waals surface area (Å²) in [5, 5.41) is 3.58. The smallest absolute Gasteiger partial charge is 0.269 e. The van der Waals surface area contributed by atoms with Crippen LogP contribution < -0.4 is 16.8 Å². The van der Waals surface area contributed by atoms with E-state index in [4.69, 9.17) is 11.5 Å². The van der Waals surface area contributed by atoms with Gasteiger partial charge >= 0.3 is 0 Å². The molecule has 5 heteroatoms. The molecule has 0 aliphatic heterocycles. The predicted octanol–water partition coefficient (Wildman–Crippen LogP) is 0.505. The van der Waals surface area contributed by atoms with Crippen molar-refractivity contribution in [2.45, 2.75) is 0 Å². The lowest BCUT2D eigenvalue weighted by Crippen LogP contribution is -2.29. The molecular formula is C12H14N4O. The van der Waals surface area contributed by atoms with Crippen LogP contribution in [-0.2, 0) is 0 Å². The van der Waals surface area contributed by atoms with Gasteiger partial charge in [-0.25, -0.2) is 4.98 Å². The first kappa shape index (κ1) is 11.3. The van der Waals surface area contributed by atoms with Crippen molar-refractivity contribution in [3.63, 3.8) is 0 Å². The molecule has 0 aliphatic rings. The zero-order valence-corrected chi connectivity index (χ0v) is 9.31. The first-order valence-electron chi connectivity index (χ1n) is 5.36. The van der Waals surface area contributed by atoms with Crippen molar-refractivity contribution in [2.24, 2.45) is 5.73 Å². The monoisotopic (exact) mass is 230 g/mol. The fraction of sp³-hybridized carbons (Fsp3) is 0.167. The molecule has 0 aliphatic carbocycles. The molecule has 0 saturated carbocycles. The second-order valence-electron chi connectivity index (χ2n) is 3.66. The maximum atomic E-state index is 11.7. The van der Waals surface area contributed by atoms with Crippen molar-refractivity contribution >= 4 is 22.5 Å². The third-order valence-corrected chi connectivity index (χ3v) is 2.41. The number of benzene rings is 1. The summed E-state index contributed by atoms with van der Waals surface area (Å²) in [6, 6.07) is 9.02. The molecule has 1 heterocycles. The standard InChI is InChI=1S/C12H14N4O/c13-6-7-15-12(17)10-5-4-8-2-1-3-9(14)11(8)16-10/h1-5H,6-7,13-14H2,(H,15,17). The number of para-hydroxylation sites is 1. The Morgan fingerprint density at radius 3 is 2.88 bits per heavy atom. The number of nitrogens with zero attached hydrogens (tertiary/aromatic N) is 1. The van der Waals surface area contributed by atoms with E-state index in [1.54, 1.807) is 12.1 Å². The van der Waals surface area contributed by atoms with Crippen molar-refractivity contribution in [2.75, 3.05) is 18.8 Å². The van der Waals surface area contributed by atoms with Crippen molar-refractivity contribution in [3.8, 4) is 0 Å². The van der Waals surface area contributed by atoms with Gasteiger partial charge in [-0.15, -0.1) is 0 Å². The highest BCUT2D eigenvalue weighted by Gasteiger charge is 2.08. The van der Waals surface area contributed by atoms with Crippen molar-refractivity contribution < 1.29 is 4.79 Å². The summed E-state index contributed by atoms with van der Waals surface area (Å²) in [7, 11) is 0. The second kappa shape index (κ2) is 4.80. The Hall–Kier alpha value is -2.14. The SMILES string of the molecule is NCCNC(=O)c1ccc2cccc(N)c2n1. The summed E-state index contributed by atoms with van der Waals surface area (Å²) >= 11 is 0. The van der Waals surface area contributed by atoms with Gasteiger partial charge in [0.25, 0.3) is 5.91 Å². The van der Waals surface area contributed by atoms with E-state index in [9.17, 15) is 4.79 Å².